The predicted molar refractivity (Wildman–Crippen MR) is 114 cm³/mol. The zero-order valence-corrected chi connectivity index (χ0v) is 17.4. The third-order valence-electron chi connectivity index (χ3n) is 6.22. The SMILES string of the molecule is Cn1ccc(N2CC3(CCC(CNc4ccn(-c5ccccc5F)n4)CC3)OC2=O)n1. The van der Waals surface area contributed by atoms with E-state index in [1.165, 1.54) is 10.7 Å². The fourth-order valence-corrected chi connectivity index (χ4v) is 4.45. The molecule has 1 saturated carbocycles. The van der Waals surface area contributed by atoms with E-state index < -0.39 is 5.60 Å². The molecule has 5 rings (SSSR count). The molecule has 0 radical (unpaired) electrons. The number of carbonyl (C=O) groups is 1. The zero-order chi connectivity index (χ0) is 21.4. The van der Waals surface area contributed by atoms with Crippen LogP contribution in [0.5, 0.6) is 0 Å². The second kappa shape index (κ2) is 7.72. The highest BCUT2D eigenvalue weighted by Gasteiger charge is 2.48. The van der Waals surface area contributed by atoms with Crippen molar-refractivity contribution in [2.24, 2.45) is 13.0 Å². The van der Waals surface area contributed by atoms with Crippen LogP contribution in [0.15, 0.2) is 48.8 Å². The van der Waals surface area contributed by atoms with Crippen LogP contribution in [-0.4, -0.2) is 44.3 Å². The molecule has 162 valence electrons. The van der Waals surface area contributed by atoms with E-state index in [0.29, 0.717) is 24.0 Å². The second-order valence-corrected chi connectivity index (χ2v) is 8.41. The van der Waals surface area contributed by atoms with E-state index in [9.17, 15) is 9.18 Å². The molecule has 0 atom stereocenters. The van der Waals surface area contributed by atoms with Crippen molar-refractivity contribution in [3.05, 3.63) is 54.6 Å². The number of halogens is 1. The minimum Gasteiger partial charge on any atom is -0.441 e. The van der Waals surface area contributed by atoms with Crippen molar-refractivity contribution in [2.75, 3.05) is 23.3 Å². The van der Waals surface area contributed by atoms with Crippen LogP contribution < -0.4 is 10.2 Å². The molecule has 1 amide bonds. The molecule has 0 unspecified atom stereocenters. The molecule has 1 N–H and O–H groups in total. The lowest BCUT2D eigenvalue weighted by Crippen LogP contribution is -2.39. The van der Waals surface area contributed by atoms with Gasteiger partial charge in [-0.3, -0.25) is 9.58 Å². The van der Waals surface area contributed by atoms with Gasteiger partial charge in [-0.15, -0.1) is 0 Å². The first-order chi connectivity index (χ1) is 15.0. The summed E-state index contributed by atoms with van der Waals surface area (Å²) in [5.74, 6) is 1.52. The van der Waals surface area contributed by atoms with E-state index >= 15 is 0 Å². The Bertz CT molecular complexity index is 1090. The number of aromatic nitrogens is 4. The first kappa shape index (κ1) is 19.6. The van der Waals surface area contributed by atoms with Crippen molar-refractivity contribution in [3.8, 4) is 5.69 Å². The van der Waals surface area contributed by atoms with Crippen LogP contribution in [-0.2, 0) is 11.8 Å². The minimum atomic E-state index is -0.419. The fourth-order valence-electron chi connectivity index (χ4n) is 4.45. The maximum atomic E-state index is 13.9. The van der Waals surface area contributed by atoms with Gasteiger partial charge in [-0.2, -0.15) is 10.2 Å². The Kier molecular flexibility index (Phi) is 4.88. The molecule has 1 saturated heterocycles. The van der Waals surface area contributed by atoms with E-state index in [0.717, 1.165) is 38.0 Å². The van der Waals surface area contributed by atoms with Gasteiger partial charge in [0.15, 0.2) is 5.82 Å². The van der Waals surface area contributed by atoms with Gasteiger partial charge >= 0.3 is 6.09 Å². The van der Waals surface area contributed by atoms with Gasteiger partial charge in [-0.25, -0.2) is 13.9 Å². The van der Waals surface area contributed by atoms with Crippen LogP contribution in [0, 0.1) is 11.7 Å². The van der Waals surface area contributed by atoms with Crippen LogP contribution >= 0.6 is 0 Å². The molecule has 31 heavy (non-hydrogen) atoms. The predicted octanol–water partition coefficient (Wildman–Crippen LogP) is 3.74. The molecule has 0 bridgehead atoms. The van der Waals surface area contributed by atoms with Gasteiger partial charge in [0.05, 0.1) is 6.54 Å². The summed E-state index contributed by atoms with van der Waals surface area (Å²) in [7, 11) is 1.83. The summed E-state index contributed by atoms with van der Waals surface area (Å²) in [6, 6.07) is 10.2. The summed E-state index contributed by atoms with van der Waals surface area (Å²) in [4.78, 5) is 14.0. The van der Waals surface area contributed by atoms with E-state index in [2.05, 4.69) is 15.5 Å². The molecule has 3 aromatic rings. The maximum Gasteiger partial charge on any atom is 0.416 e. The van der Waals surface area contributed by atoms with Crippen molar-refractivity contribution >= 4 is 17.7 Å². The molecule has 1 aliphatic heterocycles. The van der Waals surface area contributed by atoms with Crippen molar-refractivity contribution < 1.29 is 13.9 Å². The van der Waals surface area contributed by atoms with Gasteiger partial charge in [0.1, 0.15) is 22.9 Å². The topological polar surface area (TPSA) is 77.2 Å². The molecule has 2 aromatic heterocycles. The van der Waals surface area contributed by atoms with Crippen LogP contribution in [0.3, 0.4) is 0 Å². The van der Waals surface area contributed by atoms with Gasteiger partial charge in [0.2, 0.25) is 0 Å². The quantitative estimate of drug-likeness (QED) is 0.675. The molecule has 2 fully saturated rings. The third kappa shape index (κ3) is 3.87. The average Bonchev–Trinajstić information content (AvgIpc) is 3.48. The molecule has 1 spiro atoms. The number of hydrogen-bond acceptors (Lipinski definition) is 5. The van der Waals surface area contributed by atoms with E-state index in [1.807, 2.05) is 25.4 Å². The van der Waals surface area contributed by atoms with Gasteiger partial charge < -0.3 is 10.1 Å². The van der Waals surface area contributed by atoms with E-state index in [-0.39, 0.29) is 11.9 Å². The monoisotopic (exact) mass is 424 g/mol. The lowest BCUT2D eigenvalue weighted by molar-refractivity contribution is 0.0148. The summed E-state index contributed by atoms with van der Waals surface area (Å²) in [6.45, 7) is 1.33. The largest absolute Gasteiger partial charge is 0.441 e. The molecule has 1 aromatic carbocycles. The lowest BCUT2D eigenvalue weighted by atomic mass is 9.78. The summed E-state index contributed by atoms with van der Waals surface area (Å²) in [6.07, 6.45) is 6.85. The molecular weight excluding hydrogens is 399 g/mol. The summed E-state index contributed by atoms with van der Waals surface area (Å²) >= 11 is 0. The number of benzene rings is 1. The summed E-state index contributed by atoms with van der Waals surface area (Å²) < 4.78 is 23.0. The van der Waals surface area contributed by atoms with Gasteiger partial charge in [-0.05, 0) is 43.7 Å². The number of hydrogen-bond donors (Lipinski definition) is 1. The zero-order valence-electron chi connectivity index (χ0n) is 17.4. The molecule has 3 heterocycles. The van der Waals surface area contributed by atoms with E-state index in [4.69, 9.17) is 4.74 Å². The molecular formula is C22H25FN6O2. The Labute approximate surface area is 179 Å². The van der Waals surface area contributed by atoms with Crippen molar-refractivity contribution in [1.29, 1.82) is 0 Å². The normalized spacial score (nSPS) is 23.4. The Balaban J connectivity index is 1.15. The third-order valence-corrected chi connectivity index (χ3v) is 6.22. The maximum absolute atomic E-state index is 13.9. The van der Waals surface area contributed by atoms with Crippen LogP contribution in [0.1, 0.15) is 25.7 Å². The lowest BCUT2D eigenvalue weighted by Gasteiger charge is -2.35. The first-order valence-corrected chi connectivity index (χ1v) is 10.6. The Morgan fingerprint density at radius 1 is 1.16 bits per heavy atom. The Hall–Kier alpha value is -3.36. The van der Waals surface area contributed by atoms with E-state index in [1.54, 1.807) is 34.0 Å². The number of para-hydroxylation sites is 1. The van der Waals surface area contributed by atoms with Gasteiger partial charge in [0.25, 0.3) is 0 Å². The number of carbonyl (C=O) groups excluding carboxylic acids is 1. The van der Waals surface area contributed by atoms with Gasteiger partial charge in [0, 0.05) is 38.1 Å². The van der Waals surface area contributed by atoms with Crippen molar-refractivity contribution in [1.82, 2.24) is 19.6 Å². The first-order valence-electron chi connectivity index (χ1n) is 10.6. The number of rotatable bonds is 5. The van der Waals surface area contributed by atoms with Crippen molar-refractivity contribution in [3.63, 3.8) is 0 Å². The molecule has 1 aliphatic carbocycles. The standard InChI is InChI=1S/C22H25FN6O2/c1-27-12-9-20(26-27)28-15-22(31-21(28)30)10-6-16(7-11-22)14-24-19-8-13-29(25-19)18-5-3-2-4-17(18)23/h2-5,8-9,12-13,16H,6-7,10-11,14-15H2,1H3,(H,24,25). The van der Waals surface area contributed by atoms with Gasteiger partial charge in [-0.1, -0.05) is 12.1 Å². The number of nitrogens with zero attached hydrogens (tertiary/aromatic N) is 5. The highest BCUT2D eigenvalue weighted by atomic mass is 19.1. The fraction of sp³-hybridized carbons (Fsp3) is 0.409. The van der Waals surface area contributed by atoms with Crippen LogP contribution in [0.4, 0.5) is 20.8 Å². The average molecular weight is 424 g/mol. The number of anilines is 2. The Morgan fingerprint density at radius 2 is 1.97 bits per heavy atom. The number of nitrogens with one attached hydrogen (secondary N) is 1. The molecule has 9 heteroatoms. The van der Waals surface area contributed by atoms with Crippen molar-refractivity contribution in [2.45, 2.75) is 31.3 Å². The highest BCUT2D eigenvalue weighted by molar-refractivity contribution is 5.89. The second-order valence-electron chi connectivity index (χ2n) is 8.41. The van der Waals surface area contributed by atoms with Crippen LogP contribution in [0.2, 0.25) is 0 Å². The Morgan fingerprint density at radius 3 is 2.71 bits per heavy atom. The smallest absolute Gasteiger partial charge is 0.416 e. The minimum absolute atomic E-state index is 0.305. The number of aryl methyl sites for hydroxylation is 1. The molecule has 2 aliphatic rings. The number of amides is 1. The van der Waals surface area contributed by atoms with Crippen LogP contribution in [0.25, 0.3) is 5.69 Å². The number of ether oxygens (including phenoxy) is 1. The highest BCUT2D eigenvalue weighted by Crippen LogP contribution is 2.40. The molecule has 8 nitrogen and oxygen atoms in total. The summed E-state index contributed by atoms with van der Waals surface area (Å²) in [5.41, 5.74) is 0.00742. The summed E-state index contributed by atoms with van der Waals surface area (Å²) in [5, 5.41) is 12.1.